The van der Waals surface area contributed by atoms with Crippen molar-refractivity contribution < 1.29 is 9.53 Å². The van der Waals surface area contributed by atoms with E-state index in [1.54, 1.807) is 0 Å². The molecule has 0 saturated carbocycles. The topological polar surface area (TPSA) is 38.3 Å². The molecule has 3 nitrogen and oxygen atoms in total. The van der Waals surface area contributed by atoms with Crippen molar-refractivity contribution in [2.24, 2.45) is 0 Å². The fraction of sp³-hybridized carbons (Fsp3) is 0.0625. The molecule has 19 heavy (non-hydrogen) atoms. The number of para-hydroxylation sites is 2. The molecule has 0 atom stereocenters. The first-order valence-corrected chi connectivity index (χ1v) is 6.01. The molecule has 0 radical (unpaired) electrons. The number of hydrogen-bond donors (Lipinski definition) is 1. The number of allylic oxidation sites excluding steroid dienone is 1. The summed E-state index contributed by atoms with van der Waals surface area (Å²) < 4.78 is 5.66. The van der Waals surface area contributed by atoms with Gasteiger partial charge in [0, 0.05) is 11.8 Å². The maximum absolute atomic E-state index is 11.2. The van der Waals surface area contributed by atoms with Crippen LogP contribution in [0.15, 0.2) is 72.6 Å². The Morgan fingerprint density at radius 3 is 2.16 bits per heavy atom. The number of ether oxygens (including phenoxy) is 1. The highest BCUT2D eigenvalue weighted by molar-refractivity contribution is 5.88. The molecule has 96 valence electrons. The van der Waals surface area contributed by atoms with Crippen LogP contribution in [0, 0.1) is 0 Å². The zero-order chi connectivity index (χ0) is 13.5. The van der Waals surface area contributed by atoms with Crippen LogP contribution < -0.4 is 10.1 Å². The van der Waals surface area contributed by atoms with Crippen molar-refractivity contribution in [3.8, 4) is 5.75 Å². The molecule has 0 saturated heterocycles. The number of carbonyl (C=O) groups is 1. The third-order valence-electron chi connectivity index (χ3n) is 2.35. The zero-order valence-corrected chi connectivity index (χ0v) is 10.7. The van der Waals surface area contributed by atoms with Gasteiger partial charge in [-0.1, -0.05) is 36.4 Å². The van der Waals surface area contributed by atoms with Crippen LogP contribution in [0.4, 0.5) is 5.69 Å². The lowest BCUT2D eigenvalue weighted by molar-refractivity contribution is -0.112. The van der Waals surface area contributed by atoms with E-state index < -0.39 is 0 Å². The van der Waals surface area contributed by atoms with Crippen molar-refractivity contribution in [3.05, 3.63) is 72.6 Å². The molecule has 2 rings (SSSR count). The van der Waals surface area contributed by atoms with Crippen molar-refractivity contribution in [1.29, 1.82) is 0 Å². The Balaban J connectivity index is 2.16. The van der Waals surface area contributed by atoms with E-state index in [1.165, 1.54) is 13.0 Å². The molecule has 1 N–H and O–H groups in total. The predicted octanol–water partition coefficient (Wildman–Crippen LogP) is 3.61. The van der Waals surface area contributed by atoms with Crippen LogP contribution in [-0.2, 0) is 4.79 Å². The highest BCUT2D eigenvalue weighted by Crippen LogP contribution is 2.15. The lowest BCUT2D eigenvalue weighted by Crippen LogP contribution is -2.08. The molecule has 0 bridgehead atoms. The number of rotatable bonds is 5. The SMILES string of the molecule is CC(=O)/C=C(/Nc1ccccc1)Oc1ccccc1. The highest BCUT2D eigenvalue weighted by Gasteiger charge is 2.02. The first-order valence-electron chi connectivity index (χ1n) is 6.01. The van der Waals surface area contributed by atoms with Crippen LogP contribution in [0.1, 0.15) is 6.92 Å². The summed E-state index contributed by atoms with van der Waals surface area (Å²) in [6, 6.07) is 18.9. The summed E-state index contributed by atoms with van der Waals surface area (Å²) in [5.41, 5.74) is 0.867. The maximum atomic E-state index is 11.2. The molecular formula is C16H15NO2. The van der Waals surface area contributed by atoms with Crippen molar-refractivity contribution in [2.75, 3.05) is 5.32 Å². The van der Waals surface area contributed by atoms with Crippen LogP contribution in [0.25, 0.3) is 0 Å². The van der Waals surface area contributed by atoms with Gasteiger partial charge in [0.2, 0.25) is 5.88 Å². The van der Waals surface area contributed by atoms with Gasteiger partial charge in [-0.2, -0.15) is 0 Å². The van der Waals surface area contributed by atoms with E-state index in [9.17, 15) is 4.79 Å². The minimum Gasteiger partial charge on any atom is -0.441 e. The normalized spacial score (nSPS) is 10.9. The molecule has 0 spiro atoms. The smallest absolute Gasteiger partial charge is 0.201 e. The Hall–Kier alpha value is -2.55. The maximum Gasteiger partial charge on any atom is 0.201 e. The molecule has 0 heterocycles. The van der Waals surface area contributed by atoms with Crippen molar-refractivity contribution in [3.63, 3.8) is 0 Å². The average Bonchev–Trinajstić information content (AvgIpc) is 2.40. The monoisotopic (exact) mass is 253 g/mol. The van der Waals surface area contributed by atoms with E-state index in [4.69, 9.17) is 4.74 Å². The first-order chi connectivity index (χ1) is 9.24. The van der Waals surface area contributed by atoms with E-state index in [0.29, 0.717) is 11.6 Å². The van der Waals surface area contributed by atoms with Crippen LogP contribution in [0.2, 0.25) is 0 Å². The van der Waals surface area contributed by atoms with E-state index in [0.717, 1.165) is 5.69 Å². The predicted molar refractivity (Wildman–Crippen MR) is 75.9 cm³/mol. The Morgan fingerprint density at radius 2 is 1.58 bits per heavy atom. The molecule has 0 aliphatic rings. The lowest BCUT2D eigenvalue weighted by atomic mass is 10.3. The van der Waals surface area contributed by atoms with Gasteiger partial charge in [0.25, 0.3) is 0 Å². The van der Waals surface area contributed by atoms with Gasteiger partial charge in [-0.15, -0.1) is 0 Å². The van der Waals surface area contributed by atoms with Gasteiger partial charge in [-0.3, -0.25) is 4.79 Å². The quantitative estimate of drug-likeness (QED) is 0.653. The lowest BCUT2D eigenvalue weighted by Gasteiger charge is -2.12. The summed E-state index contributed by atoms with van der Waals surface area (Å²) in [5, 5.41) is 3.08. The Bertz CT molecular complexity index is 518. The van der Waals surface area contributed by atoms with E-state index in [-0.39, 0.29) is 5.78 Å². The first kappa shape index (κ1) is 12.9. The number of nitrogens with one attached hydrogen (secondary N) is 1. The van der Waals surface area contributed by atoms with E-state index in [1.807, 2.05) is 60.7 Å². The fourth-order valence-electron chi connectivity index (χ4n) is 1.55. The summed E-state index contributed by atoms with van der Waals surface area (Å²) >= 11 is 0. The second-order valence-corrected chi connectivity index (χ2v) is 4.03. The molecule has 0 aliphatic heterocycles. The summed E-state index contributed by atoms with van der Waals surface area (Å²) in [7, 11) is 0. The van der Waals surface area contributed by atoms with Gasteiger partial charge >= 0.3 is 0 Å². The number of benzene rings is 2. The van der Waals surface area contributed by atoms with Gasteiger partial charge in [0.1, 0.15) is 5.75 Å². The average molecular weight is 253 g/mol. The number of carbonyl (C=O) groups excluding carboxylic acids is 1. The largest absolute Gasteiger partial charge is 0.441 e. The minimum absolute atomic E-state index is 0.0747. The van der Waals surface area contributed by atoms with Crippen LogP contribution in [0.3, 0.4) is 0 Å². The van der Waals surface area contributed by atoms with E-state index >= 15 is 0 Å². The number of ketones is 1. The van der Waals surface area contributed by atoms with Gasteiger partial charge < -0.3 is 10.1 Å². The van der Waals surface area contributed by atoms with Crippen LogP contribution >= 0.6 is 0 Å². The summed E-state index contributed by atoms with van der Waals surface area (Å²) in [4.78, 5) is 11.2. The third kappa shape index (κ3) is 4.32. The van der Waals surface area contributed by atoms with Crippen molar-refractivity contribution in [1.82, 2.24) is 0 Å². The molecule has 0 aromatic heterocycles. The second-order valence-electron chi connectivity index (χ2n) is 4.03. The highest BCUT2D eigenvalue weighted by atomic mass is 16.5. The molecule has 0 amide bonds. The minimum atomic E-state index is -0.0747. The van der Waals surface area contributed by atoms with Gasteiger partial charge in [-0.25, -0.2) is 0 Å². The molecular weight excluding hydrogens is 238 g/mol. The second kappa shape index (κ2) is 6.40. The molecule has 2 aromatic rings. The van der Waals surface area contributed by atoms with Crippen molar-refractivity contribution in [2.45, 2.75) is 6.92 Å². The standard InChI is InChI=1S/C16H15NO2/c1-13(18)12-16(17-14-8-4-2-5-9-14)19-15-10-6-3-7-11-15/h2-12,17H,1H3/b16-12-. The molecule has 3 heteroatoms. The molecule has 0 fully saturated rings. The van der Waals surface area contributed by atoms with Gasteiger partial charge in [-0.05, 0) is 31.2 Å². The van der Waals surface area contributed by atoms with E-state index in [2.05, 4.69) is 5.32 Å². The molecule has 2 aromatic carbocycles. The third-order valence-corrected chi connectivity index (χ3v) is 2.35. The van der Waals surface area contributed by atoms with Crippen molar-refractivity contribution >= 4 is 11.5 Å². The summed E-state index contributed by atoms with van der Waals surface area (Å²) in [6.45, 7) is 1.49. The van der Waals surface area contributed by atoms with Crippen LogP contribution in [-0.4, -0.2) is 5.78 Å². The molecule has 0 unspecified atom stereocenters. The van der Waals surface area contributed by atoms with Crippen LogP contribution in [0.5, 0.6) is 5.75 Å². The fourth-order valence-corrected chi connectivity index (χ4v) is 1.55. The Kier molecular flexibility index (Phi) is 4.34. The number of anilines is 1. The molecule has 0 aliphatic carbocycles. The zero-order valence-electron chi connectivity index (χ0n) is 10.7. The Labute approximate surface area is 112 Å². The van der Waals surface area contributed by atoms with Gasteiger partial charge in [0.05, 0.1) is 0 Å². The summed E-state index contributed by atoms with van der Waals surface area (Å²) in [5.74, 6) is 1.01. The number of hydrogen-bond acceptors (Lipinski definition) is 3. The summed E-state index contributed by atoms with van der Waals surface area (Å²) in [6.07, 6.45) is 1.43. The van der Waals surface area contributed by atoms with Gasteiger partial charge in [0.15, 0.2) is 5.78 Å². The Morgan fingerprint density at radius 1 is 1.00 bits per heavy atom.